The average Bonchev–Trinajstić information content (AvgIpc) is 2.77. The lowest BCUT2D eigenvalue weighted by atomic mass is 10.0. The Kier molecular flexibility index (Phi) is 4.98. The van der Waals surface area contributed by atoms with Crippen LogP contribution >= 0.6 is 0 Å². The lowest BCUT2D eigenvalue weighted by molar-refractivity contribution is -0.117. The molecule has 0 bridgehead atoms. The number of aryl methyl sites for hydroxylation is 2. The molecular formula is C17H24N4O. The van der Waals surface area contributed by atoms with E-state index in [9.17, 15) is 4.79 Å². The molecule has 5 nitrogen and oxygen atoms in total. The van der Waals surface area contributed by atoms with Gasteiger partial charge in [0.15, 0.2) is 0 Å². The second kappa shape index (κ2) is 6.75. The van der Waals surface area contributed by atoms with E-state index in [0.29, 0.717) is 12.3 Å². The lowest BCUT2D eigenvalue weighted by Gasteiger charge is -2.15. The Morgan fingerprint density at radius 3 is 2.64 bits per heavy atom. The summed E-state index contributed by atoms with van der Waals surface area (Å²) in [5.74, 6) is 0.237. The Bertz CT molecular complexity index is 660. The highest BCUT2D eigenvalue weighted by Crippen LogP contribution is 2.17. The van der Waals surface area contributed by atoms with Crippen molar-refractivity contribution in [3.8, 4) is 5.69 Å². The van der Waals surface area contributed by atoms with E-state index in [1.165, 1.54) is 0 Å². The summed E-state index contributed by atoms with van der Waals surface area (Å²) in [7, 11) is 0. The number of aromatic nitrogens is 2. The fraction of sp³-hybridized carbons (Fsp3) is 0.412. The smallest absolute Gasteiger partial charge is 0.241 e. The first-order valence-corrected chi connectivity index (χ1v) is 7.57. The first kappa shape index (κ1) is 16.2. The fourth-order valence-electron chi connectivity index (χ4n) is 2.46. The van der Waals surface area contributed by atoms with Crippen LogP contribution in [0.15, 0.2) is 30.3 Å². The molecule has 118 valence electrons. The van der Waals surface area contributed by atoms with E-state index in [1.807, 2.05) is 48.9 Å². The van der Waals surface area contributed by atoms with Crippen molar-refractivity contribution in [1.82, 2.24) is 9.78 Å². The predicted octanol–water partition coefficient (Wildman–Crippen LogP) is 2.80. The normalized spacial score (nSPS) is 12.5. The Morgan fingerprint density at radius 2 is 2.05 bits per heavy atom. The molecule has 0 aliphatic heterocycles. The van der Waals surface area contributed by atoms with Gasteiger partial charge in [-0.05, 0) is 50.5 Å². The topological polar surface area (TPSA) is 72.9 Å². The number of carbonyl (C=O) groups is 1. The van der Waals surface area contributed by atoms with Gasteiger partial charge in [0.2, 0.25) is 5.91 Å². The zero-order chi connectivity index (χ0) is 16.3. The molecule has 0 unspecified atom stereocenters. The largest absolute Gasteiger partial charge is 0.325 e. The zero-order valence-corrected chi connectivity index (χ0v) is 13.6. The van der Waals surface area contributed by atoms with Gasteiger partial charge in [0.1, 0.15) is 0 Å². The van der Waals surface area contributed by atoms with Crippen molar-refractivity contribution in [1.29, 1.82) is 0 Å². The van der Waals surface area contributed by atoms with Gasteiger partial charge in [-0.1, -0.05) is 19.9 Å². The first-order chi connectivity index (χ1) is 10.4. The Morgan fingerprint density at radius 1 is 1.32 bits per heavy atom. The maximum atomic E-state index is 12.1. The SMILES string of the molecule is Cc1cc(C)n(-c2cccc(NC(=O)[C@@H](N)CC(C)C)c2)n1. The van der Waals surface area contributed by atoms with Crippen molar-refractivity contribution in [2.45, 2.75) is 40.2 Å². The van der Waals surface area contributed by atoms with Crippen molar-refractivity contribution in [2.24, 2.45) is 11.7 Å². The third kappa shape index (κ3) is 3.95. The van der Waals surface area contributed by atoms with Crippen molar-refractivity contribution < 1.29 is 4.79 Å². The van der Waals surface area contributed by atoms with Crippen LogP contribution in [0.4, 0.5) is 5.69 Å². The average molecular weight is 300 g/mol. The van der Waals surface area contributed by atoms with E-state index in [1.54, 1.807) is 0 Å². The standard InChI is InChI=1S/C17H24N4O/c1-11(2)8-16(18)17(22)19-14-6-5-7-15(10-14)21-13(4)9-12(3)20-21/h5-7,9-11,16H,8,18H2,1-4H3,(H,19,22)/t16-/m0/s1. The second-order valence-corrected chi connectivity index (χ2v) is 6.11. The van der Waals surface area contributed by atoms with Crippen LogP contribution in [-0.4, -0.2) is 21.7 Å². The Balaban J connectivity index is 2.15. The molecule has 0 saturated carbocycles. The zero-order valence-electron chi connectivity index (χ0n) is 13.6. The van der Waals surface area contributed by atoms with Crippen LogP contribution in [0.25, 0.3) is 5.69 Å². The van der Waals surface area contributed by atoms with Gasteiger partial charge in [0, 0.05) is 11.4 Å². The van der Waals surface area contributed by atoms with E-state index in [4.69, 9.17) is 5.73 Å². The maximum Gasteiger partial charge on any atom is 0.241 e. The number of hydrogen-bond acceptors (Lipinski definition) is 3. The number of nitrogens with one attached hydrogen (secondary N) is 1. The number of anilines is 1. The molecule has 1 heterocycles. The van der Waals surface area contributed by atoms with E-state index in [2.05, 4.69) is 24.3 Å². The van der Waals surface area contributed by atoms with Crippen LogP contribution in [0, 0.1) is 19.8 Å². The number of carbonyl (C=O) groups excluding carboxylic acids is 1. The second-order valence-electron chi connectivity index (χ2n) is 6.11. The number of benzene rings is 1. The van der Waals surface area contributed by atoms with Crippen molar-refractivity contribution in [3.05, 3.63) is 41.7 Å². The molecule has 0 spiro atoms. The van der Waals surface area contributed by atoms with Crippen LogP contribution in [-0.2, 0) is 4.79 Å². The molecule has 0 saturated heterocycles. The van der Waals surface area contributed by atoms with E-state index < -0.39 is 6.04 Å². The summed E-state index contributed by atoms with van der Waals surface area (Å²) in [6, 6.07) is 9.15. The van der Waals surface area contributed by atoms with Gasteiger partial charge < -0.3 is 11.1 Å². The molecule has 1 atom stereocenters. The highest BCUT2D eigenvalue weighted by molar-refractivity contribution is 5.94. The van der Waals surface area contributed by atoms with Gasteiger partial charge in [-0.2, -0.15) is 5.10 Å². The molecule has 0 aliphatic carbocycles. The van der Waals surface area contributed by atoms with Gasteiger partial charge in [0.25, 0.3) is 0 Å². The van der Waals surface area contributed by atoms with Crippen molar-refractivity contribution in [3.63, 3.8) is 0 Å². The first-order valence-electron chi connectivity index (χ1n) is 7.57. The summed E-state index contributed by atoms with van der Waals surface area (Å²) < 4.78 is 1.86. The molecule has 0 aliphatic rings. The van der Waals surface area contributed by atoms with E-state index in [-0.39, 0.29) is 5.91 Å². The number of rotatable bonds is 5. The highest BCUT2D eigenvalue weighted by atomic mass is 16.2. The van der Waals surface area contributed by atoms with Gasteiger partial charge in [-0.25, -0.2) is 4.68 Å². The van der Waals surface area contributed by atoms with Crippen molar-refractivity contribution >= 4 is 11.6 Å². The maximum absolute atomic E-state index is 12.1. The van der Waals surface area contributed by atoms with E-state index >= 15 is 0 Å². The molecular weight excluding hydrogens is 276 g/mol. The van der Waals surface area contributed by atoms with Crippen LogP contribution in [0.5, 0.6) is 0 Å². The minimum absolute atomic E-state index is 0.154. The summed E-state index contributed by atoms with van der Waals surface area (Å²) in [5.41, 5.74) is 9.58. The van der Waals surface area contributed by atoms with Gasteiger partial charge in [-0.15, -0.1) is 0 Å². The fourth-order valence-corrected chi connectivity index (χ4v) is 2.46. The molecule has 3 N–H and O–H groups in total. The van der Waals surface area contributed by atoms with Crippen LogP contribution in [0.3, 0.4) is 0 Å². The molecule has 1 aromatic carbocycles. The molecule has 5 heteroatoms. The number of nitrogens with two attached hydrogens (primary N) is 1. The van der Waals surface area contributed by atoms with Crippen LogP contribution in [0.1, 0.15) is 31.7 Å². The van der Waals surface area contributed by atoms with Gasteiger partial charge >= 0.3 is 0 Å². The quantitative estimate of drug-likeness (QED) is 0.891. The number of amides is 1. The Labute approximate surface area is 131 Å². The molecule has 0 radical (unpaired) electrons. The molecule has 0 fully saturated rings. The molecule has 2 rings (SSSR count). The summed E-state index contributed by atoms with van der Waals surface area (Å²) in [4.78, 5) is 12.1. The van der Waals surface area contributed by atoms with Gasteiger partial charge in [0.05, 0.1) is 17.4 Å². The third-order valence-electron chi connectivity index (χ3n) is 3.43. The Hall–Kier alpha value is -2.14. The minimum Gasteiger partial charge on any atom is -0.325 e. The summed E-state index contributed by atoms with van der Waals surface area (Å²) in [5, 5.41) is 7.33. The number of hydrogen-bond donors (Lipinski definition) is 2. The van der Waals surface area contributed by atoms with Gasteiger partial charge in [-0.3, -0.25) is 4.79 Å². The van der Waals surface area contributed by atoms with Crippen molar-refractivity contribution in [2.75, 3.05) is 5.32 Å². The molecule has 1 aromatic heterocycles. The molecule has 1 amide bonds. The van der Waals surface area contributed by atoms with E-state index in [0.717, 1.165) is 22.8 Å². The molecule has 22 heavy (non-hydrogen) atoms. The minimum atomic E-state index is -0.489. The summed E-state index contributed by atoms with van der Waals surface area (Å²) in [6.45, 7) is 8.07. The highest BCUT2D eigenvalue weighted by Gasteiger charge is 2.15. The summed E-state index contributed by atoms with van der Waals surface area (Å²) >= 11 is 0. The third-order valence-corrected chi connectivity index (χ3v) is 3.43. The van der Waals surface area contributed by atoms with Crippen LogP contribution in [0.2, 0.25) is 0 Å². The monoisotopic (exact) mass is 300 g/mol. The van der Waals surface area contributed by atoms with Crippen LogP contribution < -0.4 is 11.1 Å². The molecule has 2 aromatic rings. The predicted molar refractivity (Wildman–Crippen MR) is 89.1 cm³/mol. The summed E-state index contributed by atoms with van der Waals surface area (Å²) in [6.07, 6.45) is 0.670. The lowest BCUT2D eigenvalue weighted by Crippen LogP contribution is -2.36. The number of nitrogens with zero attached hydrogens (tertiary/aromatic N) is 2.